The highest BCUT2D eigenvalue weighted by molar-refractivity contribution is 5.93. The normalized spacial score (nSPS) is 17.6. The lowest BCUT2D eigenvalue weighted by Crippen LogP contribution is -2.33. The highest BCUT2D eigenvalue weighted by atomic mass is 16.5. The molecule has 1 atom stereocenters. The summed E-state index contributed by atoms with van der Waals surface area (Å²) in [6.07, 6.45) is 8.05. The van der Waals surface area contributed by atoms with Crippen molar-refractivity contribution in [2.75, 3.05) is 0 Å². The molecule has 1 fully saturated rings. The Labute approximate surface area is 125 Å². The lowest BCUT2D eigenvalue weighted by Gasteiger charge is -2.25. The zero-order valence-electron chi connectivity index (χ0n) is 12.5. The molecular formula is C16H24O5. The van der Waals surface area contributed by atoms with E-state index in [2.05, 4.69) is 0 Å². The van der Waals surface area contributed by atoms with Crippen LogP contribution >= 0.6 is 0 Å². The fourth-order valence-corrected chi connectivity index (χ4v) is 2.62. The summed E-state index contributed by atoms with van der Waals surface area (Å²) < 4.78 is 5.18. The second-order valence-electron chi connectivity index (χ2n) is 5.48. The smallest absolute Gasteiger partial charge is 0.331 e. The molecule has 1 saturated carbocycles. The lowest BCUT2D eigenvalue weighted by atomic mass is 9.83. The van der Waals surface area contributed by atoms with E-state index < -0.39 is 18.0 Å². The van der Waals surface area contributed by atoms with Gasteiger partial charge in [0.1, 0.15) is 0 Å². The second kappa shape index (κ2) is 9.32. The number of hydrogen-bond acceptors (Lipinski definition) is 4. The predicted molar refractivity (Wildman–Crippen MR) is 77.8 cm³/mol. The van der Waals surface area contributed by atoms with Gasteiger partial charge in [0.05, 0.1) is 0 Å². The van der Waals surface area contributed by atoms with E-state index in [9.17, 15) is 14.4 Å². The third-order valence-corrected chi connectivity index (χ3v) is 3.77. The average Bonchev–Trinajstić information content (AvgIpc) is 2.49. The van der Waals surface area contributed by atoms with Crippen molar-refractivity contribution in [2.45, 2.75) is 64.4 Å². The Bertz CT molecular complexity index is 393. The van der Waals surface area contributed by atoms with Gasteiger partial charge in [-0.25, -0.2) is 9.59 Å². The third kappa shape index (κ3) is 6.56. The molecular weight excluding hydrogens is 272 g/mol. The third-order valence-electron chi connectivity index (χ3n) is 3.77. The van der Waals surface area contributed by atoms with E-state index in [0.717, 1.165) is 57.1 Å². The molecule has 1 N–H and O–H groups in total. The standard InChI is InChI=1S/C16H24O5/c1-2-3-9-13(21-15(19)11-10-14(17)18)16(20)12-7-5-4-6-8-12/h10-13H,2-9H2,1H3,(H,17,18)/b11-10+. The van der Waals surface area contributed by atoms with Gasteiger partial charge in [-0.3, -0.25) is 4.79 Å². The zero-order chi connectivity index (χ0) is 15.7. The molecule has 1 rings (SSSR count). The Morgan fingerprint density at radius 1 is 1.19 bits per heavy atom. The molecule has 1 aliphatic rings. The molecule has 5 nitrogen and oxygen atoms in total. The molecule has 0 radical (unpaired) electrons. The Morgan fingerprint density at radius 3 is 2.43 bits per heavy atom. The van der Waals surface area contributed by atoms with Crippen molar-refractivity contribution in [1.82, 2.24) is 0 Å². The number of esters is 1. The first-order chi connectivity index (χ1) is 10.0. The van der Waals surface area contributed by atoms with Crippen molar-refractivity contribution in [1.29, 1.82) is 0 Å². The second-order valence-corrected chi connectivity index (χ2v) is 5.48. The average molecular weight is 296 g/mol. The molecule has 0 aromatic rings. The van der Waals surface area contributed by atoms with E-state index in [4.69, 9.17) is 9.84 Å². The van der Waals surface area contributed by atoms with E-state index in [0.29, 0.717) is 6.42 Å². The van der Waals surface area contributed by atoms with Gasteiger partial charge in [-0.1, -0.05) is 32.6 Å². The molecule has 1 unspecified atom stereocenters. The van der Waals surface area contributed by atoms with E-state index in [1.165, 1.54) is 0 Å². The first-order valence-electron chi connectivity index (χ1n) is 7.70. The van der Waals surface area contributed by atoms with Gasteiger partial charge in [0.2, 0.25) is 0 Å². The topological polar surface area (TPSA) is 80.7 Å². The number of carbonyl (C=O) groups excluding carboxylic acids is 2. The van der Waals surface area contributed by atoms with Crippen molar-refractivity contribution in [3.05, 3.63) is 12.2 Å². The molecule has 0 spiro atoms. The summed E-state index contributed by atoms with van der Waals surface area (Å²) in [5, 5.41) is 8.49. The van der Waals surface area contributed by atoms with Crippen LogP contribution in [0, 0.1) is 5.92 Å². The maximum absolute atomic E-state index is 12.5. The highest BCUT2D eigenvalue weighted by Crippen LogP contribution is 2.27. The summed E-state index contributed by atoms with van der Waals surface area (Å²) in [7, 11) is 0. The van der Waals surface area contributed by atoms with Gasteiger partial charge in [-0.2, -0.15) is 0 Å². The largest absolute Gasteiger partial charge is 0.478 e. The zero-order valence-corrected chi connectivity index (χ0v) is 12.5. The minimum absolute atomic E-state index is 0.000208. The van der Waals surface area contributed by atoms with Crippen molar-refractivity contribution in [3.63, 3.8) is 0 Å². The fraction of sp³-hybridized carbons (Fsp3) is 0.688. The molecule has 0 saturated heterocycles. The Balaban J connectivity index is 2.62. The molecule has 0 aliphatic heterocycles. The van der Waals surface area contributed by atoms with Gasteiger partial charge < -0.3 is 9.84 Å². The van der Waals surface area contributed by atoms with E-state index in [1.807, 2.05) is 6.92 Å². The minimum Gasteiger partial charge on any atom is -0.478 e. The number of rotatable bonds is 8. The van der Waals surface area contributed by atoms with Crippen LogP contribution in [0.25, 0.3) is 0 Å². The predicted octanol–water partition coefficient (Wildman–Crippen LogP) is 2.88. The number of ether oxygens (including phenoxy) is 1. The SMILES string of the molecule is CCCCC(OC(=O)/C=C/C(=O)O)C(=O)C1CCCCC1. The van der Waals surface area contributed by atoms with E-state index in [-0.39, 0.29) is 11.7 Å². The molecule has 0 aromatic carbocycles. The molecule has 118 valence electrons. The van der Waals surface area contributed by atoms with E-state index >= 15 is 0 Å². The summed E-state index contributed by atoms with van der Waals surface area (Å²) in [5.74, 6) is -1.99. The lowest BCUT2D eigenvalue weighted by molar-refractivity contribution is -0.153. The number of aliphatic carboxylic acids is 1. The Hall–Kier alpha value is -1.65. The Morgan fingerprint density at radius 2 is 1.86 bits per heavy atom. The van der Waals surface area contributed by atoms with Gasteiger partial charge in [-0.15, -0.1) is 0 Å². The number of ketones is 1. The monoisotopic (exact) mass is 296 g/mol. The number of unbranched alkanes of at least 4 members (excludes halogenated alkanes) is 1. The van der Waals surface area contributed by atoms with Crippen LogP contribution in [0.3, 0.4) is 0 Å². The summed E-state index contributed by atoms with van der Waals surface area (Å²) >= 11 is 0. The van der Waals surface area contributed by atoms with Crippen LogP contribution in [0.15, 0.2) is 12.2 Å². The van der Waals surface area contributed by atoms with Gasteiger partial charge in [0.25, 0.3) is 0 Å². The number of carbonyl (C=O) groups is 3. The highest BCUT2D eigenvalue weighted by Gasteiger charge is 2.30. The maximum Gasteiger partial charge on any atom is 0.331 e. The first-order valence-corrected chi connectivity index (χ1v) is 7.70. The molecule has 5 heteroatoms. The van der Waals surface area contributed by atoms with Crippen LogP contribution < -0.4 is 0 Å². The minimum atomic E-state index is -1.21. The van der Waals surface area contributed by atoms with Crippen LogP contribution in [-0.2, 0) is 19.1 Å². The fourth-order valence-electron chi connectivity index (χ4n) is 2.62. The van der Waals surface area contributed by atoms with Crippen molar-refractivity contribution in [2.24, 2.45) is 5.92 Å². The van der Waals surface area contributed by atoms with Gasteiger partial charge in [0, 0.05) is 18.1 Å². The van der Waals surface area contributed by atoms with E-state index in [1.54, 1.807) is 0 Å². The molecule has 0 bridgehead atoms. The summed E-state index contributed by atoms with van der Waals surface area (Å²) in [6.45, 7) is 2.01. The van der Waals surface area contributed by atoms with Gasteiger partial charge in [-0.05, 0) is 25.7 Å². The van der Waals surface area contributed by atoms with Crippen LogP contribution in [0.4, 0.5) is 0 Å². The van der Waals surface area contributed by atoms with Crippen LogP contribution in [0.2, 0.25) is 0 Å². The molecule has 1 aliphatic carbocycles. The first kappa shape index (κ1) is 17.4. The summed E-state index contributed by atoms with van der Waals surface area (Å²) in [4.78, 5) is 34.4. The van der Waals surface area contributed by atoms with Crippen molar-refractivity contribution < 1.29 is 24.2 Å². The Kier molecular flexibility index (Phi) is 7.72. The molecule has 0 amide bonds. The number of Topliss-reactive ketones (excluding diaryl/α,β-unsaturated/α-hetero) is 1. The van der Waals surface area contributed by atoms with Gasteiger partial charge >= 0.3 is 11.9 Å². The summed E-state index contributed by atoms with van der Waals surface area (Å²) in [6, 6.07) is 0. The number of carboxylic acid groups (broad SMARTS) is 1. The van der Waals surface area contributed by atoms with Crippen molar-refractivity contribution in [3.8, 4) is 0 Å². The summed E-state index contributed by atoms with van der Waals surface area (Å²) in [5.41, 5.74) is 0. The number of hydrogen-bond donors (Lipinski definition) is 1. The van der Waals surface area contributed by atoms with Crippen LogP contribution in [-0.4, -0.2) is 28.9 Å². The molecule has 0 heterocycles. The van der Waals surface area contributed by atoms with Crippen molar-refractivity contribution >= 4 is 17.7 Å². The quantitative estimate of drug-likeness (QED) is 0.550. The van der Waals surface area contributed by atoms with Crippen LogP contribution in [0.5, 0.6) is 0 Å². The molecule has 21 heavy (non-hydrogen) atoms. The van der Waals surface area contributed by atoms with Gasteiger partial charge in [0.15, 0.2) is 11.9 Å². The number of carboxylic acids is 1. The van der Waals surface area contributed by atoms with Crippen LogP contribution in [0.1, 0.15) is 58.3 Å². The molecule has 0 aromatic heterocycles. The maximum atomic E-state index is 12.5.